The van der Waals surface area contributed by atoms with E-state index in [9.17, 15) is 19.1 Å². The minimum absolute atomic E-state index is 0.00156. The first-order valence-corrected chi connectivity index (χ1v) is 12.2. The fourth-order valence-electron chi connectivity index (χ4n) is 6.36. The van der Waals surface area contributed by atoms with E-state index in [0.29, 0.717) is 18.4 Å². The van der Waals surface area contributed by atoms with Crippen molar-refractivity contribution >= 4 is 22.8 Å². The van der Waals surface area contributed by atoms with E-state index < -0.39 is 5.97 Å². The van der Waals surface area contributed by atoms with E-state index in [-0.39, 0.29) is 41.9 Å². The lowest BCUT2D eigenvalue weighted by Crippen LogP contribution is -2.54. The standard InChI is InChI=1S/C27H31FN2O3/c28-22-10-6-11-23-26(22)21(16-29-23)20(17-7-2-1-3-8-17)15-25(31)30-14-13-19(27(32)33)18-9-4-5-12-24(18)30/h1-2,6-7,10-11,16,18-20,24,29H,3-5,8-9,12-15H2,(H,32,33). The van der Waals surface area contributed by atoms with Crippen molar-refractivity contribution in [1.82, 2.24) is 9.88 Å². The Morgan fingerprint density at radius 2 is 2.06 bits per heavy atom. The Morgan fingerprint density at radius 3 is 2.85 bits per heavy atom. The van der Waals surface area contributed by atoms with Crippen molar-refractivity contribution in [2.24, 2.45) is 11.8 Å². The molecule has 6 heteroatoms. The van der Waals surface area contributed by atoms with Gasteiger partial charge in [0.1, 0.15) is 5.82 Å². The molecular formula is C27H31FN2O3. The molecule has 2 heterocycles. The SMILES string of the molecule is O=C(O)C1CCN(C(=O)CC(C2=CC=CCC2)c2c[nH]c3cccc(F)c23)C2CCCCC12. The number of likely N-dealkylation sites (tertiary alicyclic amines) is 1. The molecule has 1 aliphatic heterocycles. The Bertz CT molecular complexity index is 1120. The molecule has 2 fully saturated rings. The normalized spacial score (nSPS) is 26.0. The molecule has 2 aromatic rings. The number of aromatic amines is 1. The third-order valence-electron chi connectivity index (χ3n) is 7.95. The van der Waals surface area contributed by atoms with Crippen LogP contribution in [0.5, 0.6) is 0 Å². The third-order valence-corrected chi connectivity index (χ3v) is 7.95. The number of allylic oxidation sites excluding steroid dienone is 4. The van der Waals surface area contributed by atoms with Gasteiger partial charge < -0.3 is 15.0 Å². The molecule has 1 saturated heterocycles. The molecule has 1 amide bonds. The van der Waals surface area contributed by atoms with Crippen molar-refractivity contribution in [1.29, 1.82) is 0 Å². The summed E-state index contributed by atoms with van der Waals surface area (Å²) in [5, 5.41) is 10.3. The van der Waals surface area contributed by atoms with Gasteiger partial charge in [-0.2, -0.15) is 0 Å². The molecule has 2 aliphatic carbocycles. The van der Waals surface area contributed by atoms with Gasteiger partial charge in [-0.1, -0.05) is 42.7 Å². The van der Waals surface area contributed by atoms with Gasteiger partial charge in [0.25, 0.3) is 0 Å². The first-order valence-electron chi connectivity index (χ1n) is 12.2. The summed E-state index contributed by atoms with van der Waals surface area (Å²) < 4.78 is 14.8. The summed E-state index contributed by atoms with van der Waals surface area (Å²) >= 11 is 0. The molecule has 1 aromatic heterocycles. The number of benzene rings is 1. The van der Waals surface area contributed by atoms with Gasteiger partial charge in [-0.15, -0.1) is 0 Å². The third kappa shape index (κ3) is 4.11. The average Bonchev–Trinajstić information content (AvgIpc) is 3.27. The maximum atomic E-state index is 14.8. The number of nitrogens with zero attached hydrogens (tertiary/aromatic N) is 1. The van der Waals surface area contributed by atoms with E-state index in [2.05, 4.69) is 17.1 Å². The topological polar surface area (TPSA) is 73.4 Å². The Labute approximate surface area is 193 Å². The molecule has 4 atom stereocenters. The number of fused-ring (bicyclic) bond motifs is 2. The van der Waals surface area contributed by atoms with Gasteiger partial charge in [0.2, 0.25) is 5.91 Å². The molecule has 3 aliphatic rings. The monoisotopic (exact) mass is 450 g/mol. The number of H-pyrrole nitrogens is 1. The highest BCUT2D eigenvalue weighted by molar-refractivity contribution is 5.86. The molecule has 1 saturated carbocycles. The Morgan fingerprint density at radius 1 is 1.21 bits per heavy atom. The largest absolute Gasteiger partial charge is 0.481 e. The van der Waals surface area contributed by atoms with Crippen LogP contribution in [-0.4, -0.2) is 39.5 Å². The van der Waals surface area contributed by atoms with Crippen LogP contribution in [0.15, 0.2) is 48.2 Å². The van der Waals surface area contributed by atoms with Crippen molar-refractivity contribution in [3.63, 3.8) is 0 Å². The molecule has 2 N–H and O–H groups in total. The lowest BCUT2D eigenvalue weighted by molar-refractivity contribution is -0.153. The Hall–Kier alpha value is -2.89. The minimum atomic E-state index is -0.731. The summed E-state index contributed by atoms with van der Waals surface area (Å²) in [5.74, 6) is -1.47. The molecule has 0 bridgehead atoms. The second-order valence-corrected chi connectivity index (χ2v) is 9.71. The second kappa shape index (κ2) is 9.16. The van der Waals surface area contributed by atoms with E-state index in [1.54, 1.807) is 6.07 Å². The van der Waals surface area contributed by atoms with E-state index >= 15 is 0 Å². The van der Waals surface area contributed by atoms with Gasteiger partial charge in [-0.25, -0.2) is 4.39 Å². The van der Waals surface area contributed by atoms with Crippen LogP contribution in [0.25, 0.3) is 10.9 Å². The zero-order valence-corrected chi connectivity index (χ0v) is 18.8. The lowest BCUT2D eigenvalue weighted by atomic mass is 9.71. The molecule has 1 aromatic carbocycles. The van der Waals surface area contributed by atoms with Crippen LogP contribution in [0, 0.1) is 17.7 Å². The van der Waals surface area contributed by atoms with Gasteiger partial charge in [0.05, 0.1) is 5.92 Å². The second-order valence-electron chi connectivity index (χ2n) is 9.71. The van der Waals surface area contributed by atoms with Crippen molar-refractivity contribution in [2.75, 3.05) is 6.54 Å². The molecule has 4 unspecified atom stereocenters. The van der Waals surface area contributed by atoms with E-state index in [1.165, 1.54) is 6.07 Å². The quantitative estimate of drug-likeness (QED) is 0.627. The number of piperidine rings is 1. The van der Waals surface area contributed by atoms with E-state index in [0.717, 1.165) is 55.2 Å². The highest BCUT2D eigenvalue weighted by atomic mass is 19.1. The first-order chi connectivity index (χ1) is 16.0. The van der Waals surface area contributed by atoms with Gasteiger partial charge in [0.15, 0.2) is 0 Å². The maximum absolute atomic E-state index is 14.8. The number of halogens is 1. The van der Waals surface area contributed by atoms with E-state index in [4.69, 9.17) is 0 Å². The van der Waals surface area contributed by atoms with Crippen LogP contribution in [-0.2, 0) is 9.59 Å². The number of hydrogen-bond donors (Lipinski definition) is 2. The number of nitrogens with one attached hydrogen (secondary N) is 1. The van der Waals surface area contributed by atoms with Gasteiger partial charge in [-0.3, -0.25) is 9.59 Å². The van der Waals surface area contributed by atoms with Crippen LogP contribution >= 0.6 is 0 Å². The number of hydrogen-bond acceptors (Lipinski definition) is 2. The summed E-state index contributed by atoms with van der Waals surface area (Å²) in [6.07, 6.45) is 14.4. The number of carbonyl (C=O) groups is 2. The number of carboxylic acid groups (broad SMARTS) is 1. The van der Waals surface area contributed by atoms with Crippen LogP contribution in [0.1, 0.15) is 62.8 Å². The van der Waals surface area contributed by atoms with Crippen LogP contribution in [0.3, 0.4) is 0 Å². The molecule has 5 rings (SSSR count). The highest BCUT2D eigenvalue weighted by Gasteiger charge is 2.44. The van der Waals surface area contributed by atoms with Crippen LogP contribution < -0.4 is 0 Å². The van der Waals surface area contributed by atoms with Crippen molar-refractivity contribution in [2.45, 2.75) is 63.3 Å². The average molecular weight is 451 g/mol. The lowest BCUT2D eigenvalue weighted by Gasteiger charge is -2.47. The smallest absolute Gasteiger partial charge is 0.306 e. The van der Waals surface area contributed by atoms with Gasteiger partial charge in [0, 0.05) is 42.0 Å². The van der Waals surface area contributed by atoms with Gasteiger partial charge >= 0.3 is 5.97 Å². The summed E-state index contributed by atoms with van der Waals surface area (Å²) in [7, 11) is 0. The fraction of sp³-hybridized carbons (Fsp3) is 0.481. The highest BCUT2D eigenvalue weighted by Crippen LogP contribution is 2.42. The predicted octanol–water partition coefficient (Wildman–Crippen LogP) is 5.55. The summed E-state index contributed by atoms with van der Waals surface area (Å²) in [5.41, 5.74) is 2.72. The summed E-state index contributed by atoms with van der Waals surface area (Å²) in [4.78, 5) is 30.7. The van der Waals surface area contributed by atoms with Crippen LogP contribution in [0.4, 0.5) is 4.39 Å². The summed E-state index contributed by atoms with van der Waals surface area (Å²) in [6, 6.07) is 5.02. The molecule has 0 radical (unpaired) electrons. The first kappa shape index (κ1) is 21.9. The minimum Gasteiger partial charge on any atom is -0.481 e. The van der Waals surface area contributed by atoms with Gasteiger partial charge in [-0.05, 0) is 55.7 Å². The zero-order valence-electron chi connectivity index (χ0n) is 18.8. The molecule has 0 spiro atoms. The zero-order chi connectivity index (χ0) is 22.9. The molecular weight excluding hydrogens is 419 g/mol. The number of rotatable bonds is 5. The molecule has 5 nitrogen and oxygen atoms in total. The molecule has 174 valence electrons. The van der Waals surface area contributed by atoms with Crippen molar-refractivity contribution in [3.8, 4) is 0 Å². The Balaban J connectivity index is 1.46. The Kier molecular flexibility index (Phi) is 6.09. The van der Waals surface area contributed by atoms with Crippen molar-refractivity contribution in [3.05, 3.63) is 59.6 Å². The number of aliphatic carboxylic acids is 1. The van der Waals surface area contributed by atoms with Crippen molar-refractivity contribution < 1.29 is 19.1 Å². The maximum Gasteiger partial charge on any atom is 0.306 e. The summed E-state index contributed by atoms with van der Waals surface area (Å²) in [6.45, 7) is 0.491. The number of amides is 1. The fourth-order valence-corrected chi connectivity index (χ4v) is 6.36. The van der Waals surface area contributed by atoms with E-state index in [1.807, 2.05) is 23.2 Å². The number of carboxylic acids is 1. The predicted molar refractivity (Wildman–Crippen MR) is 125 cm³/mol. The van der Waals surface area contributed by atoms with Crippen LogP contribution in [0.2, 0.25) is 0 Å². The number of carbonyl (C=O) groups excluding carboxylic acids is 1. The number of aromatic nitrogens is 1. The molecule has 33 heavy (non-hydrogen) atoms.